The van der Waals surface area contributed by atoms with Crippen molar-refractivity contribution in [3.8, 4) is 17.0 Å². The Morgan fingerprint density at radius 3 is 2.72 bits per heavy atom. The van der Waals surface area contributed by atoms with Gasteiger partial charge in [0.05, 0.1) is 0 Å². The van der Waals surface area contributed by atoms with Crippen LogP contribution < -0.4 is 10.5 Å². The molecule has 0 radical (unpaired) electrons. The fraction of sp³-hybridized carbons (Fsp3) is 0.0625. The van der Waals surface area contributed by atoms with E-state index in [1.165, 1.54) is 0 Å². The molecule has 0 atom stereocenters. The number of carbonyl (C=O) groups excluding carboxylic acids is 1. The molecule has 3 rings (SSSR count). The lowest BCUT2D eigenvalue weighted by atomic mass is 10.1. The Hall–Kier alpha value is -2.09. The number of halogens is 3. The molecule has 0 fully saturated rings. The van der Waals surface area contributed by atoms with Gasteiger partial charge in [-0.05, 0) is 30.3 Å². The number of benzene rings is 2. The first-order valence-electron chi connectivity index (χ1n) is 7.03. The zero-order chi connectivity index (χ0) is 18.0. The van der Waals surface area contributed by atoms with Gasteiger partial charge in [-0.15, -0.1) is 0 Å². The van der Waals surface area contributed by atoms with Gasteiger partial charge in [0.1, 0.15) is 18.1 Å². The Bertz CT molecular complexity index is 946. The summed E-state index contributed by atoms with van der Waals surface area (Å²) in [6.07, 6.45) is 0. The second-order valence-corrected chi connectivity index (χ2v) is 6.81. The maximum atomic E-state index is 11.5. The van der Waals surface area contributed by atoms with Crippen molar-refractivity contribution >= 4 is 45.0 Å². The van der Waals surface area contributed by atoms with Crippen LogP contribution in [0.5, 0.6) is 5.75 Å². The first-order valence-corrected chi connectivity index (χ1v) is 8.58. The summed E-state index contributed by atoms with van der Waals surface area (Å²) in [5.74, 6) is -0.180. The Balaban J connectivity index is 1.94. The van der Waals surface area contributed by atoms with Crippen molar-refractivity contribution in [2.75, 3.05) is 0 Å². The Labute approximate surface area is 161 Å². The van der Waals surface area contributed by atoms with E-state index in [0.717, 1.165) is 10.0 Å². The van der Waals surface area contributed by atoms with E-state index in [-0.39, 0.29) is 12.3 Å². The van der Waals surface area contributed by atoms with Gasteiger partial charge in [0.15, 0.2) is 5.69 Å². The van der Waals surface area contributed by atoms with Gasteiger partial charge in [-0.3, -0.25) is 4.79 Å². The van der Waals surface area contributed by atoms with Gasteiger partial charge in [0.25, 0.3) is 5.91 Å². The molecule has 0 saturated carbocycles. The van der Waals surface area contributed by atoms with Crippen molar-refractivity contribution in [2.24, 2.45) is 5.73 Å². The highest BCUT2D eigenvalue weighted by Crippen LogP contribution is 2.34. The van der Waals surface area contributed by atoms with Gasteiger partial charge in [0.2, 0.25) is 0 Å². The molecule has 3 aromatic rings. The monoisotopic (exact) mass is 440 g/mol. The Morgan fingerprint density at radius 2 is 2.00 bits per heavy atom. The molecule has 1 aromatic heterocycles. The minimum Gasteiger partial charge on any atom is -0.488 e. The molecule has 1 heterocycles. The van der Waals surface area contributed by atoms with E-state index < -0.39 is 5.91 Å². The number of nitrogens with zero attached hydrogens (tertiary/aromatic N) is 2. The van der Waals surface area contributed by atoms with E-state index in [2.05, 4.69) is 31.3 Å². The predicted molar refractivity (Wildman–Crippen MR) is 98.8 cm³/mol. The second kappa shape index (κ2) is 7.43. The van der Waals surface area contributed by atoms with Crippen molar-refractivity contribution in [3.63, 3.8) is 0 Å². The summed E-state index contributed by atoms with van der Waals surface area (Å²) in [4.78, 5) is 11.5. The maximum Gasteiger partial charge on any atom is 0.271 e. The number of nitrogens with two attached hydrogens (primary N) is 1. The van der Waals surface area contributed by atoms with Gasteiger partial charge < -0.3 is 10.5 Å². The van der Waals surface area contributed by atoms with Crippen LogP contribution in [-0.4, -0.2) is 21.3 Å². The van der Waals surface area contributed by atoms with Crippen LogP contribution in [0.4, 0.5) is 0 Å². The number of amides is 1. The second-order valence-electron chi connectivity index (χ2n) is 5.05. The number of hydrogen-bond acceptors (Lipinski definition) is 4. The van der Waals surface area contributed by atoms with Crippen LogP contribution in [-0.2, 0) is 6.61 Å². The quantitative estimate of drug-likeness (QED) is 0.619. The van der Waals surface area contributed by atoms with Gasteiger partial charge in [-0.1, -0.05) is 45.2 Å². The molecule has 2 aromatic carbocycles. The summed E-state index contributed by atoms with van der Waals surface area (Å²) in [7, 11) is 0. The first kappa shape index (κ1) is 17.7. The topological polar surface area (TPSA) is 93.9 Å². The average Bonchev–Trinajstić information content (AvgIpc) is 3.04. The van der Waals surface area contributed by atoms with Crippen LogP contribution in [0, 0.1) is 0 Å². The van der Waals surface area contributed by atoms with Crippen LogP contribution in [0.25, 0.3) is 11.3 Å². The van der Waals surface area contributed by atoms with Crippen LogP contribution in [0.1, 0.15) is 16.1 Å². The molecule has 0 aliphatic heterocycles. The van der Waals surface area contributed by atoms with Crippen LogP contribution >= 0.6 is 39.1 Å². The van der Waals surface area contributed by atoms with Crippen molar-refractivity contribution in [1.29, 1.82) is 0 Å². The summed E-state index contributed by atoms with van der Waals surface area (Å²) in [6, 6.07) is 10.5. The Morgan fingerprint density at radius 1 is 1.20 bits per heavy atom. The lowest BCUT2D eigenvalue weighted by Gasteiger charge is -2.12. The number of aromatic nitrogens is 3. The number of primary amides is 1. The minimum atomic E-state index is -0.685. The maximum absolute atomic E-state index is 11.5. The average molecular weight is 442 g/mol. The van der Waals surface area contributed by atoms with E-state index in [4.69, 9.17) is 33.7 Å². The molecule has 0 bridgehead atoms. The van der Waals surface area contributed by atoms with Gasteiger partial charge in [-0.25, -0.2) is 0 Å². The first-order chi connectivity index (χ1) is 12.0. The number of hydrogen-bond donors (Lipinski definition) is 2. The lowest BCUT2D eigenvalue weighted by Crippen LogP contribution is -2.13. The number of carbonyl (C=O) groups is 1. The summed E-state index contributed by atoms with van der Waals surface area (Å²) in [5.41, 5.74) is 7.03. The Kier molecular flexibility index (Phi) is 5.27. The molecular weight excluding hydrogens is 431 g/mol. The molecule has 0 aliphatic rings. The number of ether oxygens (including phenoxy) is 1. The fourth-order valence-electron chi connectivity index (χ4n) is 2.20. The molecular formula is C16H11BrCl2N4O2. The zero-order valence-electron chi connectivity index (χ0n) is 12.6. The largest absolute Gasteiger partial charge is 0.488 e. The molecule has 0 aliphatic carbocycles. The van der Waals surface area contributed by atoms with E-state index >= 15 is 0 Å². The predicted octanol–water partition coefficient (Wildman–Crippen LogP) is 4.22. The van der Waals surface area contributed by atoms with E-state index in [1.807, 2.05) is 6.07 Å². The highest BCUT2D eigenvalue weighted by atomic mass is 79.9. The van der Waals surface area contributed by atoms with E-state index in [0.29, 0.717) is 27.1 Å². The van der Waals surface area contributed by atoms with E-state index in [9.17, 15) is 4.79 Å². The molecule has 128 valence electrons. The molecule has 25 heavy (non-hydrogen) atoms. The SMILES string of the molecule is NC(=O)c1n[nH]nc1-c1cc(Br)ccc1OCc1ccc(Cl)cc1Cl. The van der Waals surface area contributed by atoms with Crippen LogP contribution in [0.3, 0.4) is 0 Å². The highest BCUT2D eigenvalue weighted by molar-refractivity contribution is 9.10. The van der Waals surface area contributed by atoms with Crippen LogP contribution in [0.15, 0.2) is 40.9 Å². The molecule has 1 amide bonds. The molecule has 9 heteroatoms. The molecule has 3 N–H and O–H groups in total. The molecule has 6 nitrogen and oxygen atoms in total. The van der Waals surface area contributed by atoms with E-state index in [1.54, 1.807) is 30.3 Å². The van der Waals surface area contributed by atoms with Gasteiger partial charge >= 0.3 is 0 Å². The normalized spacial score (nSPS) is 10.7. The summed E-state index contributed by atoms with van der Waals surface area (Å²) in [5, 5.41) is 11.3. The van der Waals surface area contributed by atoms with Crippen LogP contribution in [0.2, 0.25) is 10.0 Å². The smallest absolute Gasteiger partial charge is 0.271 e. The third kappa shape index (κ3) is 3.95. The van der Waals surface area contributed by atoms with Crippen molar-refractivity contribution in [2.45, 2.75) is 6.61 Å². The number of aromatic amines is 1. The summed E-state index contributed by atoms with van der Waals surface area (Å²) < 4.78 is 6.66. The number of rotatable bonds is 5. The van der Waals surface area contributed by atoms with Crippen molar-refractivity contribution < 1.29 is 9.53 Å². The number of H-pyrrole nitrogens is 1. The van der Waals surface area contributed by atoms with Crippen molar-refractivity contribution in [1.82, 2.24) is 15.4 Å². The third-order valence-electron chi connectivity index (χ3n) is 3.38. The van der Waals surface area contributed by atoms with Gasteiger partial charge in [-0.2, -0.15) is 15.4 Å². The number of nitrogens with one attached hydrogen (secondary N) is 1. The fourth-order valence-corrected chi connectivity index (χ4v) is 3.02. The molecule has 0 saturated heterocycles. The van der Waals surface area contributed by atoms with Crippen molar-refractivity contribution in [3.05, 3.63) is 62.2 Å². The summed E-state index contributed by atoms with van der Waals surface area (Å²) in [6.45, 7) is 0.217. The summed E-state index contributed by atoms with van der Waals surface area (Å²) >= 11 is 15.5. The zero-order valence-corrected chi connectivity index (χ0v) is 15.7. The lowest BCUT2D eigenvalue weighted by molar-refractivity contribution is 0.0996. The molecule has 0 unspecified atom stereocenters. The third-order valence-corrected chi connectivity index (χ3v) is 4.46. The highest BCUT2D eigenvalue weighted by Gasteiger charge is 2.19. The molecule has 0 spiro atoms. The standard InChI is InChI=1S/C16H11BrCl2N4O2/c17-9-2-4-13(25-7-8-1-3-10(18)6-12(8)19)11(5-9)14-15(16(20)24)22-23-21-14/h1-6H,7H2,(H2,20,24)(H,21,22,23). The minimum absolute atomic E-state index is 0.0347. The van der Waals surface area contributed by atoms with Gasteiger partial charge in [0, 0.05) is 25.6 Å².